The number of aryl methyl sites for hydroxylation is 1. The molecule has 1 aliphatic heterocycles. The van der Waals surface area contributed by atoms with Crippen molar-refractivity contribution >= 4 is 5.97 Å². The van der Waals surface area contributed by atoms with Gasteiger partial charge in [0.1, 0.15) is 6.23 Å². The van der Waals surface area contributed by atoms with Gasteiger partial charge in [0.15, 0.2) is 0 Å². The Morgan fingerprint density at radius 3 is 2.94 bits per heavy atom. The average molecular weight is 254 g/mol. The van der Waals surface area contributed by atoms with Crippen molar-refractivity contribution < 1.29 is 14.6 Å². The lowest BCUT2D eigenvalue weighted by molar-refractivity contribution is -0.140. The van der Waals surface area contributed by atoms with Crippen LogP contribution in [0.4, 0.5) is 0 Å². The zero-order chi connectivity index (χ0) is 13.3. The van der Waals surface area contributed by atoms with Crippen LogP contribution in [-0.2, 0) is 9.53 Å². The van der Waals surface area contributed by atoms with Crippen LogP contribution in [-0.4, -0.2) is 26.7 Å². The van der Waals surface area contributed by atoms with E-state index < -0.39 is 23.4 Å². The number of nitrogens with one attached hydrogen (secondary N) is 1. The summed E-state index contributed by atoms with van der Waals surface area (Å²) >= 11 is 0. The van der Waals surface area contributed by atoms with Gasteiger partial charge < -0.3 is 9.84 Å². The molecule has 18 heavy (non-hydrogen) atoms. The highest BCUT2D eigenvalue weighted by Crippen LogP contribution is 2.28. The minimum absolute atomic E-state index is 0.0758. The molecule has 0 amide bonds. The van der Waals surface area contributed by atoms with E-state index in [0.717, 1.165) is 0 Å². The molecule has 0 bridgehead atoms. The Bertz CT molecular complexity index is 574. The summed E-state index contributed by atoms with van der Waals surface area (Å²) in [4.78, 5) is 35.6. The first kappa shape index (κ1) is 12.6. The van der Waals surface area contributed by atoms with Crippen molar-refractivity contribution in [2.24, 2.45) is 0 Å². The Morgan fingerprint density at radius 1 is 1.56 bits per heavy atom. The smallest absolute Gasteiger partial charge is 0.330 e. The SMILES string of the molecule is Cc1cn([C@H]2CC[C@@H](CC(=O)O)O2)c(=O)[nH]c1=O. The summed E-state index contributed by atoms with van der Waals surface area (Å²) in [5.74, 6) is -0.925. The zero-order valence-electron chi connectivity index (χ0n) is 9.88. The molecule has 1 saturated heterocycles. The average Bonchev–Trinajstić information content (AvgIpc) is 2.70. The van der Waals surface area contributed by atoms with Crippen LogP contribution in [0.1, 0.15) is 31.1 Å². The molecule has 1 aromatic rings. The number of carboxylic acid groups (broad SMARTS) is 1. The molecule has 2 N–H and O–H groups in total. The number of H-pyrrole nitrogens is 1. The van der Waals surface area contributed by atoms with E-state index in [0.29, 0.717) is 18.4 Å². The van der Waals surface area contributed by atoms with E-state index in [1.165, 1.54) is 10.8 Å². The maximum Gasteiger partial charge on any atom is 0.330 e. The first-order chi connectivity index (χ1) is 8.47. The molecule has 2 rings (SSSR count). The van der Waals surface area contributed by atoms with Gasteiger partial charge >= 0.3 is 11.7 Å². The molecule has 1 aliphatic rings. The van der Waals surface area contributed by atoms with Crippen molar-refractivity contribution in [2.75, 3.05) is 0 Å². The molecule has 2 heterocycles. The highest BCUT2D eigenvalue weighted by molar-refractivity contribution is 5.67. The van der Waals surface area contributed by atoms with E-state index in [9.17, 15) is 14.4 Å². The van der Waals surface area contributed by atoms with Gasteiger partial charge in [-0.2, -0.15) is 0 Å². The molecule has 1 fully saturated rings. The van der Waals surface area contributed by atoms with Crippen LogP contribution in [0.15, 0.2) is 15.8 Å². The van der Waals surface area contributed by atoms with Crippen molar-refractivity contribution in [3.63, 3.8) is 0 Å². The summed E-state index contributed by atoms with van der Waals surface area (Å²) in [6.45, 7) is 1.60. The van der Waals surface area contributed by atoms with Crippen molar-refractivity contribution in [3.8, 4) is 0 Å². The van der Waals surface area contributed by atoms with Crippen LogP contribution in [0, 0.1) is 6.92 Å². The maximum absolute atomic E-state index is 11.6. The van der Waals surface area contributed by atoms with Crippen LogP contribution in [0.25, 0.3) is 0 Å². The van der Waals surface area contributed by atoms with Crippen LogP contribution >= 0.6 is 0 Å². The summed E-state index contributed by atoms with van der Waals surface area (Å²) in [5, 5.41) is 8.67. The fraction of sp³-hybridized carbons (Fsp3) is 0.545. The molecule has 98 valence electrons. The Labute approximate surface area is 102 Å². The number of hydrogen-bond acceptors (Lipinski definition) is 4. The Morgan fingerprint density at radius 2 is 2.28 bits per heavy atom. The van der Waals surface area contributed by atoms with Gasteiger partial charge in [0, 0.05) is 11.8 Å². The zero-order valence-corrected chi connectivity index (χ0v) is 9.88. The first-order valence-electron chi connectivity index (χ1n) is 5.66. The van der Waals surface area contributed by atoms with Gasteiger partial charge in [0.2, 0.25) is 0 Å². The topological polar surface area (TPSA) is 101 Å². The molecule has 7 heteroatoms. The monoisotopic (exact) mass is 254 g/mol. The van der Waals surface area contributed by atoms with E-state index >= 15 is 0 Å². The fourth-order valence-electron chi connectivity index (χ4n) is 2.04. The van der Waals surface area contributed by atoms with Crippen molar-refractivity contribution in [3.05, 3.63) is 32.6 Å². The molecule has 0 unspecified atom stereocenters. The third-order valence-electron chi connectivity index (χ3n) is 2.94. The van der Waals surface area contributed by atoms with Gasteiger partial charge in [-0.15, -0.1) is 0 Å². The summed E-state index contributed by atoms with van der Waals surface area (Å²) in [7, 11) is 0. The normalized spacial score (nSPS) is 23.2. The second kappa shape index (κ2) is 4.77. The maximum atomic E-state index is 11.6. The Hall–Kier alpha value is -1.89. The number of rotatable bonds is 3. The molecule has 7 nitrogen and oxygen atoms in total. The molecule has 2 atom stereocenters. The number of hydrogen-bond donors (Lipinski definition) is 2. The highest BCUT2D eigenvalue weighted by Gasteiger charge is 2.28. The second-order valence-corrected chi connectivity index (χ2v) is 4.37. The minimum Gasteiger partial charge on any atom is -0.481 e. The number of ether oxygens (including phenoxy) is 1. The van der Waals surface area contributed by atoms with Crippen molar-refractivity contribution in [1.82, 2.24) is 9.55 Å². The molecule has 0 aromatic carbocycles. The van der Waals surface area contributed by atoms with Crippen molar-refractivity contribution in [2.45, 2.75) is 38.5 Å². The summed E-state index contributed by atoms with van der Waals surface area (Å²) < 4.78 is 6.80. The number of aliphatic carboxylic acids is 1. The quantitative estimate of drug-likeness (QED) is 0.790. The third kappa shape index (κ3) is 2.51. The van der Waals surface area contributed by atoms with Crippen molar-refractivity contribution in [1.29, 1.82) is 0 Å². The number of nitrogens with zero attached hydrogens (tertiary/aromatic N) is 1. The van der Waals surface area contributed by atoms with Crippen LogP contribution in [0.3, 0.4) is 0 Å². The van der Waals surface area contributed by atoms with E-state index in [-0.39, 0.29) is 12.5 Å². The molecule has 0 spiro atoms. The molecular weight excluding hydrogens is 240 g/mol. The van der Waals surface area contributed by atoms with E-state index in [1.54, 1.807) is 6.92 Å². The van der Waals surface area contributed by atoms with Crippen LogP contribution in [0.2, 0.25) is 0 Å². The van der Waals surface area contributed by atoms with Gasteiger partial charge in [0.25, 0.3) is 5.56 Å². The third-order valence-corrected chi connectivity index (χ3v) is 2.94. The van der Waals surface area contributed by atoms with E-state index in [2.05, 4.69) is 4.98 Å². The molecule has 0 radical (unpaired) electrons. The standard InChI is InChI=1S/C11H14N2O5/c1-6-5-13(11(17)12-10(6)16)8-3-2-7(18-8)4-9(14)15/h5,7-8H,2-4H2,1H3,(H,14,15)(H,12,16,17)/t7-,8+/m0/s1. The minimum atomic E-state index is -0.925. The van der Waals surface area contributed by atoms with E-state index in [4.69, 9.17) is 9.84 Å². The number of aromatic amines is 1. The summed E-state index contributed by atoms with van der Waals surface area (Å²) in [6, 6.07) is 0. The molecular formula is C11H14N2O5. The van der Waals surface area contributed by atoms with Crippen LogP contribution < -0.4 is 11.2 Å². The number of carbonyl (C=O) groups is 1. The fourth-order valence-corrected chi connectivity index (χ4v) is 2.04. The second-order valence-electron chi connectivity index (χ2n) is 4.37. The molecule has 0 saturated carbocycles. The summed E-state index contributed by atoms with van der Waals surface area (Å²) in [6.07, 6.45) is 1.62. The predicted molar refractivity (Wildman–Crippen MR) is 61.5 cm³/mol. The Kier molecular flexibility index (Phi) is 3.33. The largest absolute Gasteiger partial charge is 0.481 e. The predicted octanol–water partition coefficient (Wildman–Crippen LogP) is -0.00268. The van der Waals surface area contributed by atoms with Gasteiger partial charge in [-0.05, 0) is 19.8 Å². The molecule has 0 aliphatic carbocycles. The number of aromatic nitrogens is 2. The lowest BCUT2D eigenvalue weighted by atomic mass is 10.2. The Balaban J connectivity index is 2.19. The van der Waals surface area contributed by atoms with Gasteiger partial charge in [-0.1, -0.05) is 0 Å². The molecule has 1 aromatic heterocycles. The van der Waals surface area contributed by atoms with Gasteiger partial charge in [-0.3, -0.25) is 19.1 Å². The number of carboxylic acids is 1. The van der Waals surface area contributed by atoms with E-state index in [1.807, 2.05) is 0 Å². The summed E-state index contributed by atoms with van der Waals surface area (Å²) in [5.41, 5.74) is -0.539. The lowest BCUT2D eigenvalue weighted by Crippen LogP contribution is -2.33. The van der Waals surface area contributed by atoms with Crippen LogP contribution in [0.5, 0.6) is 0 Å². The first-order valence-corrected chi connectivity index (χ1v) is 5.66. The van der Waals surface area contributed by atoms with Gasteiger partial charge in [-0.25, -0.2) is 4.79 Å². The lowest BCUT2D eigenvalue weighted by Gasteiger charge is -2.15. The highest BCUT2D eigenvalue weighted by atomic mass is 16.5. The van der Waals surface area contributed by atoms with Gasteiger partial charge in [0.05, 0.1) is 12.5 Å².